The molecule has 0 saturated heterocycles. The molecule has 0 atom stereocenters. The van der Waals surface area contributed by atoms with Crippen LogP contribution in [-0.2, 0) is 9.59 Å². The molecule has 1 aliphatic carbocycles. The van der Waals surface area contributed by atoms with Crippen LogP contribution in [0.4, 0.5) is 0 Å². The van der Waals surface area contributed by atoms with Gasteiger partial charge in [0.2, 0.25) is 11.8 Å². The molecule has 21 heavy (non-hydrogen) atoms. The highest BCUT2D eigenvalue weighted by atomic mass is 16.3. The number of carbonyl (C=O) groups excluding carboxylic acids is 2. The zero-order valence-corrected chi connectivity index (χ0v) is 13.6. The third-order valence-corrected chi connectivity index (χ3v) is 4.07. The number of rotatable bonds is 6. The Balaban J connectivity index is 2.26. The van der Waals surface area contributed by atoms with Gasteiger partial charge in [0.05, 0.1) is 12.1 Å². The summed E-state index contributed by atoms with van der Waals surface area (Å²) < 4.78 is 0. The molecule has 0 aromatic rings. The highest BCUT2D eigenvalue weighted by Gasteiger charge is 2.32. The lowest BCUT2D eigenvalue weighted by Crippen LogP contribution is -2.52. The lowest BCUT2D eigenvalue weighted by molar-refractivity contribution is -0.129. The molecular formula is C16H30N2O3. The van der Waals surface area contributed by atoms with E-state index in [2.05, 4.69) is 10.6 Å². The number of aliphatic hydroxyl groups excluding tert-OH is 1. The molecule has 5 nitrogen and oxygen atoms in total. The lowest BCUT2D eigenvalue weighted by atomic mass is 9.82. The first-order chi connectivity index (χ1) is 9.79. The second-order valence-electron chi connectivity index (χ2n) is 7.16. The second kappa shape index (κ2) is 7.78. The van der Waals surface area contributed by atoms with Crippen molar-refractivity contribution in [2.45, 2.75) is 71.3 Å². The van der Waals surface area contributed by atoms with Crippen LogP contribution in [-0.4, -0.2) is 35.6 Å². The topological polar surface area (TPSA) is 78.4 Å². The predicted molar refractivity (Wildman–Crippen MR) is 82.7 cm³/mol. The molecule has 1 aliphatic rings. The highest BCUT2D eigenvalue weighted by Crippen LogP contribution is 2.27. The fraction of sp³-hybridized carbons (Fsp3) is 0.875. The van der Waals surface area contributed by atoms with Gasteiger partial charge >= 0.3 is 0 Å². The van der Waals surface area contributed by atoms with Crippen LogP contribution in [0.2, 0.25) is 0 Å². The number of nitrogens with one attached hydrogen (secondary N) is 2. The van der Waals surface area contributed by atoms with Crippen molar-refractivity contribution in [1.82, 2.24) is 10.6 Å². The average Bonchev–Trinajstić information content (AvgIpc) is 2.43. The second-order valence-corrected chi connectivity index (χ2v) is 7.16. The van der Waals surface area contributed by atoms with Crippen LogP contribution in [0.3, 0.4) is 0 Å². The summed E-state index contributed by atoms with van der Waals surface area (Å²) in [5.74, 6) is -0.0297. The molecule has 0 aromatic carbocycles. The van der Waals surface area contributed by atoms with E-state index in [1.807, 2.05) is 20.8 Å². The molecule has 3 N–H and O–H groups in total. The average molecular weight is 298 g/mol. The van der Waals surface area contributed by atoms with Crippen LogP contribution in [0.1, 0.15) is 65.7 Å². The van der Waals surface area contributed by atoms with Crippen molar-refractivity contribution in [1.29, 1.82) is 0 Å². The van der Waals surface area contributed by atoms with Gasteiger partial charge in [0, 0.05) is 18.4 Å². The molecule has 0 aromatic heterocycles. The maximum atomic E-state index is 12.0. The van der Waals surface area contributed by atoms with E-state index in [1.165, 1.54) is 6.42 Å². The minimum Gasteiger partial charge on any atom is -0.394 e. The van der Waals surface area contributed by atoms with Crippen molar-refractivity contribution in [3.05, 3.63) is 0 Å². The Bertz CT molecular complexity index is 355. The first kappa shape index (κ1) is 18.0. The third-order valence-electron chi connectivity index (χ3n) is 4.07. The minimum atomic E-state index is -0.413. The Morgan fingerprint density at radius 1 is 1.14 bits per heavy atom. The molecule has 0 aliphatic heterocycles. The summed E-state index contributed by atoms with van der Waals surface area (Å²) >= 11 is 0. The summed E-state index contributed by atoms with van der Waals surface area (Å²) in [6.07, 6.45) is 6.01. The molecule has 0 bridgehead atoms. The van der Waals surface area contributed by atoms with Gasteiger partial charge in [-0.3, -0.25) is 9.59 Å². The molecule has 2 amide bonds. The number of amides is 2. The molecule has 5 heteroatoms. The summed E-state index contributed by atoms with van der Waals surface area (Å²) in [7, 11) is 0. The number of carbonyl (C=O) groups is 2. The lowest BCUT2D eigenvalue weighted by Gasteiger charge is -2.36. The van der Waals surface area contributed by atoms with Crippen molar-refractivity contribution in [2.75, 3.05) is 13.2 Å². The Labute approximate surface area is 127 Å². The van der Waals surface area contributed by atoms with Gasteiger partial charge in [-0.05, 0) is 19.3 Å². The van der Waals surface area contributed by atoms with Crippen molar-refractivity contribution in [3.8, 4) is 0 Å². The standard InChI is InChI=1S/C16H30N2O3/c1-15(2,3)14(21)17-11-7-8-13(20)18-16(12-19)9-5-4-6-10-16/h19H,4-12H2,1-3H3,(H,17,21)(H,18,20). The van der Waals surface area contributed by atoms with Gasteiger partial charge < -0.3 is 15.7 Å². The van der Waals surface area contributed by atoms with Crippen molar-refractivity contribution in [2.24, 2.45) is 5.41 Å². The zero-order valence-electron chi connectivity index (χ0n) is 13.6. The summed E-state index contributed by atoms with van der Waals surface area (Å²) in [6.45, 7) is 6.12. The van der Waals surface area contributed by atoms with Gasteiger partial charge in [0.15, 0.2) is 0 Å². The zero-order chi connectivity index (χ0) is 15.9. The first-order valence-corrected chi connectivity index (χ1v) is 7.99. The van der Waals surface area contributed by atoms with Gasteiger partial charge in [-0.1, -0.05) is 40.0 Å². The Morgan fingerprint density at radius 2 is 1.76 bits per heavy atom. The van der Waals surface area contributed by atoms with Crippen LogP contribution in [0, 0.1) is 5.41 Å². The summed E-state index contributed by atoms with van der Waals surface area (Å²) in [6, 6.07) is 0. The fourth-order valence-corrected chi connectivity index (χ4v) is 2.63. The van der Waals surface area contributed by atoms with E-state index in [4.69, 9.17) is 0 Å². The summed E-state index contributed by atoms with van der Waals surface area (Å²) in [5.41, 5.74) is -0.810. The van der Waals surface area contributed by atoms with Crippen LogP contribution in [0.15, 0.2) is 0 Å². The SMILES string of the molecule is CC(C)(C)C(=O)NCCCC(=O)NC1(CO)CCCCC1. The van der Waals surface area contributed by atoms with Crippen molar-refractivity contribution < 1.29 is 14.7 Å². The van der Waals surface area contributed by atoms with E-state index in [9.17, 15) is 14.7 Å². The Kier molecular flexibility index (Phi) is 6.65. The maximum absolute atomic E-state index is 12.0. The maximum Gasteiger partial charge on any atom is 0.225 e. The van der Waals surface area contributed by atoms with E-state index in [0.717, 1.165) is 25.7 Å². The van der Waals surface area contributed by atoms with Crippen molar-refractivity contribution >= 4 is 11.8 Å². The molecule has 1 saturated carbocycles. The third kappa shape index (κ3) is 6.04. The van der Waals surface area contributed by atoms with Crippen LogP contribution < -0.4 is 10.6 Å². The molecule has 0 heterocycles. The van der Waals surface area contributed by atoms with E-state index < -0.39 is 11.0 Å². The summed E-state index contributed by atoms with van der Waals surface area (Å²) in [5, 5.41) is 15.4. The summed E-state index contributed by atoms with van der Waals surface area (Å²) in [4.78, 5) is 23.7. The minimum absolute atomic E-state index is 0.00187. The number of aliphatic hydroxyl groups is 1. The van der Waals surface area contributed by atoms with Crippen LogP contribution in [0.5, 0.6) is 0 Å². The van der Waals surface area contributed by atoms with E-state index in [0.29, 0.717) is 19.4 Å². The predicted octanol–water partition coefficient (Wildman–Crippen LogP) is 1.74. The van der Waals surface area contributed by atoms with Gasteiger partial charge in [-0.15, -0.1) is 0 Å². The molecule has 1 fully saturated rings. The molecule has 1 rings (SSSR count). The van der Waals surface area contributed by atoms with Gasteiger partial charge in [0.1, 0.15) is 0 Å². The molecule has 0 radical (unpaired) electrons. The Morgan fingerprint density at radius 3 is 2.29 bits per heavy atom. The largest absolute Gasteiger partial charge is 0.394 e. The smallest absolute Gasteiger partial charge is 0.225 e. The number of hydrogen-bond acceptors (Lipinski definition) is 3. The monoisotopic (exact) mass is 298 g/mol. The van der Waals surface area contributed by atoms with Gasteiger partial charge in [-0.2, -0.15) is 0 Å². The molecular weight excluding hydrogens is 268 g/mol. The normalized spacial score (nSPS) is 18.1. The quantitative estimate of drug-likeness (QED) is 0.654. The van der Waals surface area contributed by atoms with Gasteiger partial charge in [0.25, 0.3) is 0 Å². The molecule has 0 spiro atoms. The molecule has 0 unspecified atom stereocenters. The highest BCUT2D eigenvalue weighted by molar-refractivity contribution is 5.81. The van der Waals surface area contributed by atoms with E-state index >= 15 is 0 Å². The Hall–Kier alpha value is -1.10. The fourth-order valence-electron chi connectivity index (χ4n) is 2.63. The van der Waals surface area contributed by atoms with Crippen LogP contribution >= 0.6 is 0 Å². The van der Waals surface area contributed by atoms with Crippen LogP contribution in [0.25, 0.3) is 0 Å². The number of hydrogen-bond donors (Lipinski definition) is 3. The van der Waals surface area contributed by atoms with E-state index in [-0.39, 0.29) is 18.4 Å². The van der Waals surface area contributed by atoms with Crippen molar-refractivity contribution in [3.63, 3.8) is 0 Å². The van der Waals surface area contributed by atoms with E-state index in [1.54, 1.807) is 0 Å². The first-order valence-electron chi connectivity index (χ1n) is 7.99. The molecule has 122 valence electrons. The van der Waals surface area contributed by atoms with Gasteiger partial charge in [-0.25, -0.2) is 0 Å².